The fourth-order valence-electron chi connectivity index (χ4n) is 3.92. The van der Waals surface area contributed by atoms with Crippen LogP contribution in [0.2, 0.25) is 0 Å². The lowest BCUT2D eigenvalue weighted by atomic mass is 10.1. The molecule has 138 valence electrons. The van der Waals surface area contributed by atoms with Gasteiger partial charge >= 0.3 is 6.18 Å². The minimum Gasteiger partial charge on any atom is -0.348 e. The summed E-state index contributed by atoms with van der Waals surface area (Å²) >= 11 is 1.17. The van der Waals surface area contributed by atoms with E-state index in [1.165, 1.54) is 30.7 Å². The summed E-state index contributed by atoms with van der Waals surface area (Å²) in [4.78, 5) is 15.5. The number of carbonyl (C=O) groups excluding carboxylic acids is 1. The van der Waals surface area contributed by atoms with Crippen molar-refractivity contribution in [2.24, 2.45) is 0 Å². The van der Waals surface area contributed by atoms with E-state index < -0.39 is 11.7 Å². The van der Waals surface area contributed by atoms with E-state index in [1.807, 2.05) is 0 Å². The molecule has 1 saturated carbocycles. The Morgan fingerprint density at radius 2 is 1.92 bits per heavy atom. The molecule has 1 heterocycles. The molecule has 1 saturated heterocycles. The summed E-state index contributed by atoms with van der Waals surface area (Å²) in [6.07, 6.45) is 2.78. The first-order valence-electron chi connectivity index (χ1n) is 8.70. The van der Waals surface area contributed by atoms with Crippen LogP contribution in [0.15, 0.2) is 23.1 Å². The zero-order chi connectivity index (χ0) is 18.0. The summed E-state index contributed by atoms with van der Waals surface area (Å²) in [6.45, 7) is 2.15. The number of hydrogen-bond donors (Lipinski definition) is 1. The van der Waals surface area contributed by atoms with E-state index in [4.69, 9.17) is 0 Å². The SMILES string of the molecule is CSc1cc(C(F)(F)F)ccc1C(=O)NC1CCCC1N1CCCC1. The molecule has 2 fully saturated rings. The molecule has 0 spiro atoms. The van der Waals surface area contributed by atoms with Gasteiger partial charge in [0.15, 0.2) is 0 Å². The Kier molecular flexibility index (Phi) is 5.63. The molecule has 3 nitrogen and oxygen atoms in total. The summed E-state index contributed by atoms with van der Waals surface area (Å²) in [7, 11) is 0. The fraction of sp³-hybridized carbons (Fsp3) is 0.611. The second-order valence-electron chi connectivity index (χ2n) is 6.73. The van der Waals surface area contributed by atoms with Gasteiger partial charge in [-0.1, -0.05) is 0 Å². The molecule has 1 aromatic carbocycles. The van der Waals surface area contributed by atoms with Crippen molar-refractivity contribution < 1.29 is 18.0 Å². The summed E-state index contributed by atoms with van der Waals surface area (Å²) in [5.74, 6) is -0.269. The fourth-order valence-corrected chi connectivity index (χ4v) is 4.55. The van der Waals surface area contributed by atoms with Crippen LogP contribution in [0, 0.1) is 0 Å². The van der Waals surface area contributed by atoms with E-state index in [0.717, 1.165) is 44.5 Å². The molecule has 1 amide bonds. The monoisotopic (exact) mass is 372 g/mol. The Bertz CT molecular complexity index is 629. The molecular formula is C18H23F3N2OS. The second-order valence-corrected chi connectivity index (χ2v) is 7.58. The lowest BCUT2D eigenvalue weighted by Crippen LogP contribution is -2.47. The molecule has 2 atom stereocenters. The van der Waals surface area contributed by atoms with Crippen LogP contribution in [0.4, 0.5) is 13.2 Å². The van der Waals surface area contributed by atoms with Crippen LogP contribution >= 0.6 is 11.8 Å². The number of rotatable bonds is 4. The van der Waals surface area contributed by atoms with Crippen molar-refractivity contribution in [3.8, 4) is 0 Å². The van der Waals surface area contributed by atoms with Gasteiger partial charge in [0, 0.05) is 17.0 Å². The van der Waals surface area contributed by atoms with E-state index >= 15 is 0 Å². The van der Waals surface area contributed by atoms with Crippen LogP contribution < -0.4 is 5.32 Å². The lowest BCUT2D eigenvalue weighted by Gasteiger charge is -2.29. The maximum absolute atomic E-state index is 12.9. The van der Waals surface area contributed by atoms with E-state index in [9.17, 15) is 18.0 Å². The van der Waals surface area contributed by atoms with Gasteiger partial charge in [-0.25, -0.2) is 0 Å². The van der Waals surface area contributed by atoms with Crippen molar-refractivity contribution in [2.45, 2.75) is 55.3 Å². The third kappa shape index (κ3) is 4.14. The highest BCUT2D eigenvalue weighted by Gasteiger charge is 2.35. The molecule has 7 heteroatoms. The maximum atomic E-state index is 12.9. The third-order valence-corrected chi connectivity index (χ3v) is 5.96. The molecular weight excluding hydrogens is 349 g/mol. The van der Waals surface area contributed by atoms with Crippen LogP contribution in [0.5, 0.6) is 0 Å². The maximum Gasteiger partial charge on any atom is 0.416 e. The van der Waals surface area contributed by atoms with Gasteiger partial charge in [0.05, 0.1) is 11.1 Å². The van der Waals surface area contributed by atoms with Gasteiger partial charge < -0.3 is 5.32 Å². The van der Waals surface area contributed by atoms with Crippen molar-refractivity contribution in [3.05, 3.63) is 29.3 Å². The van der Waals surface area contributed by atoms with E-state index in [0.29, 0.717) is 16.5 Å². The van der Waals surface area contributed by atoms with Crippen LogP contribution in [0.1, 0.15) is 48.0 Å². The number of likely N-dealkylation sites (tertiary alicyclic amines) is 1. The topological polar surface area (TPSA) is 32.3 Å². The van der Waals surface area contributed by atoms with Gasteiger partial charge in [-0.15, -0.1) is 11.8 Å². The van der Waals surface area contributed by atoms with Gasteiger partial charge in [0.2, 0.25) is 0 Å². The highest BCUT2D eigenvalue weighted by atomic mass is 32.2. The summed E-state index contributed by atoms with van der Waals surface area (Å²) < 4.78 is 38.6. The van der Waals surface area contributed by atoms with Gasteiger partial charge in [-0.05, 0) is 69.6 Å². The van der Waals surface area contributed by atoms with Gasteiger partial charge in [-0.2, -0.15) is 13.2 Å². The standard InChI is InChI=1S/C18H23F3N2OS/c1-25-16-11-12(18(19,20)21)7-8-13(16)17(24)22-14-5-4-6-15(14)23-9-2-3-10-23/h7-8,11,14-15H,2-6,9-10H2,1H3,(H,22,24). The summed E-state index contributed by atoms with van der Waals surface area (Å²) in [6, 6.07) is 3.79. The molecule has 1 N–H and O–H groups in total. The van der Waals surface area contributed by atoms with Crippen LogP contribution in [0.3, 0.4) is 0 Å². The molecule has 1 aliphatic heterocycles. The molecule has 0 bridgehead atoms. The van der Waals surface area contributed by atoms with Crippen LogP contribution in [-0.2, 0) is 6.18 Å². The average molecular weight is 372 g/mol. The Labute approximate surface area is 150 Å². The molecule has 1 aromatic rings. The second kappa shape index (κ2) is 7.58. The minimum atomic E-state index is -4.40. The third-order valence-electron chi connectivity index (χ3n) is 5.18. The number of thioether (sulfide) groups is 1. The number of amides is 1. The Balaban J connectivity index is 1.74. The average Bonchev–Trinajstić information content (AvgIpc) is 3.24. The number of benzene rings is 1. The highest BCUT2D eigenvalue weighted by Crippen LogP contribution is 2.33. The molecule has 2 unspecified atom stereocenters. The smallest absolute Gasteiger partial charge is 0.348 e. The summed E-state index contributed by atoms with van der Waals surface area (Å²) in [5.41, 5.74) is -0.392. The quantitative estimate of drug-likeness (QED) is 0.805. The lowest BCUT2D eigenvalue weighted by molar-refractivity contribution is -0.137. The first-order valence-corrected chi connectivity index (χ1v) is 9.93. The largest absolute Gasteiger partial charge is 0.416 e. The zero-order valence-corrected chi connectivity index (χ0v) is 15.1. The molecule has 0 radical (unpaired) electrons. The first kappa shape index (κ1) is 18.6. The number of carbonyl (C=O) groups is 1. The number of hydrogen-bond acceptors (Lipinski definition) is 3. The van der Waals surface area contributed by atoms with Crippen molar-refractivity contribution in [1.29, 1.82) is 0 Å². The van der Waals surface area contributed by atoms with Crippen molar-refractivity contribution >= 4 is 17.7 Å². The minimum absolute atomic E-state index is 0.0857. The first-order chi connectivity index (χ1) is 11.9. The van der Waals surface area contributed by atoms with Gasteiger partial charge in [0.1, 0.15) is 0 Å². The van der Waals surface area contributed by atoms with Crippen molar-refractivity contribution in [1.82, 2.24) is 10.2 Å². The Hall–Kier alpha value is -1.21. The Morgan fingerprint density at radius 3 is 2.56 bits per heavy atom. The number of nitrogens with one attached hydrogen (secondary N) is 1. The van der Waals surface area contributed by atoms with E-state index in [-0.39, 0.29) is 11.9 Å². The normalized spacial score (nSPS) is 24.6. The molecule has 2 aliphatic rings. The molecule has 0 aromatic heterocycles. The van der Waals surface area contributed by atoms with E-state index in [1.54, 1.807) is 6.26 Å². The van der Waals surface area contributed by atoms with Crippen molar-refractivity contribution in [2.75, 3.05) is 19.3 Å². The Morgan fingerprint density at radius 1 is 1.20 bits per heavy atom. The zero-order valence-electron chi connectivity index (χ0n) is 14.2. The predicted molar refractivity (Wildman–Crippen MR) is 92.9 cm³/mol. The molecule has 25 heavy (non-hydrogen) atoms. The molecule has 3 rings (SSSR count). The van der Waals surface area contributed by atoms with E-state index in [2.05, 4.69) is 10.2 Å². The summed E-state index contributed by atoms with van der Waals surface area (Å²) in [5, 5.41) is 3.08. The highest BCUT2D eigenvalue weighted by molar-refractivity contribution is 7.98. The van der Waals surface area contributed by atoms with Crippen LogP contribution in [0.25, 0.3) is 0 Å². The van der Waals surface area contributed by atoms with Crippen molar-refractivity contribution in [3.63, 3.8) is 0 Å². The van der Waals surface area contributed by atoms with Gasteiger partial charge in [-0.3, -0.25) is 9.69 Å². The number of alkyl halides is 3. The number of nitrogens with zero attached hydrogens (tertiary/aromatic N) is 1. The molecule has 1 aliphatic carbocycles. The predicted octanol–water partition coefficient (Wildman–Crippen LogP) is 4.17. The van der Waals surface area contributed by atoms with Crippen LogP contribution in [-0.4, -0.2) is 42.2 Å². The van der Waals surface area contributed by atoms with Gasteiger partial charge in [0.25, 0.3) is 5.91 Å². The number of halogens is 3.